The van der Waals surface area contributed by atoms with E-state index in [1.807, 2.05) is 64.0 Å². The lowest BCUT2D eigenvalue weighted by atomic mass is 10.1. The molecule has 0 bridgehead atoms. The number of rotatable bonds is 7. The summed E-state index contributed by atoms with van der Waals surface area (Å²) < 4.78 is 40.5. The number of hydrogen-bond acceptors (Lipinski definition) is 9. The predicted molar refractivity (Wildman–Crippen MR) is 160 cm³/mol. The summed E-state index contributed by atoms with van der Waals surface area (Å²) in [7, 11) is 7.64. The molecule has 1 aliphatic rings. The molecular formula is C27H35Cl2F3N8O2. The summed E-state index contributed by atoms with van der Waals surface area (Å²) in [5.41, 5.74) is 2.36. The Morgan fingerprint density at radius 3 is 2.12 bits per heavy atom. The molecule has 1 saturated heterocycles. The first-order valence-electron chi connectivity index (χ1n) is 12.8. The third kappa shape index (κ3) is 11.0. The average molecular weight is 632 g/mol. The molecule has 0 spiro atoms. The van der Waals surface area contributed by atoms with Gasteiger partial charge in [-0.25, -0.2) is 15.0 Å². The lowest BCUT2D eigenvalue weighted by molar-refractivity contribution is -0.274. The zero-order valence-corrected chi connectivity index (χ0v) is 25.8. The fourth-order valence-corrected chi connectivity index (χ4v) is 4.19. The number of carbonyl (C=O) groups excluding carboxylic acids is 1. The number of halogens is 5. The fraction of sp³-hybridized carbons (Fsp3) is 0.444. The maximum absolute atomic E-state index is 12.6. The van der Waals surface area contributed by atoms with E-state index in [2.05, 4.69) is 30.0 Å². The van der Waals surface area contributed by atoms with Crippen LogP contribution in [0.5, 0.6) is 5.75 Å². The standard InChI is InChI=1S/C20H24F3N5O2.C7H10ClN3.ClH/c1-13-10-17(27(2)3)26-19(24-13)25-15-8-9-28(12-15)18(29)11-14-4-6-16(7-5-14)30-20(21,22)23;1-5-4-6(11(2)3)10-7(8)9-5;/h4-7,10,15H,8-9,11-12H2,1-3H3,(H,24,25,26);4H,1-3H3;1H/t15-;;/m0../s1. The number of amides is 1. The highest BCUT2D eigenvalue weighted by Crippen LogP contribution is 2.23. The number of anilines is 3. The van der Waals surface area contributed by atoms with Gasteiger partial charge in [-0.3, -0.25) is 4.79 Å². The minimum Gasteiger partial charge on any atom is -0.406 e. The highest BCUT2D eigenvalue weighted by Gasteiger charge is 2.31. The summed E-state index contributed by atoms with van der Waals surface area (Å²) in [6.07, 6.45) is -3.85. The molecule has 0 radical (unpaired) electrons. The maximum atomic E-state index is 12.6. The van der Waals surface area contributed by atoms with E-state index in [1.165, 1.54) is 24.3 Å². The molecule has 3 heterocycles. The molecule has 10 nitrogen and oxygen atoms in total. The van der Waals surface area contributed by atoms with Gasteiger partial charge in [-0.2, -0.15) is 4.98 Å². The topological polar surface area (TPSA) is 99.6 Å². The summed E-state index contributed by atoms with van der Waals surface area (Å²) >= 11 is 5.65. The minimum atomic E-state index is -4.73. The average Bonchev–Trinajstić information content (AvgIpc) is 3.32. The lowest BCUT2D eigenvalue weighted by Gasteiger charge is -2.18. The van der Waals surface area contributed by atoms with Gasteiger partial charge in [-0.05, 0) is 49.6 Å². The Morgan fingerprint density at radius 2 is 1.57 bits per heavy atom. The molecule has 1 aromatic carbocycles. The van der Waals surface area contributed by atoms with Gasteiger partial charge in [0.15, 0.2) is 0 Å². The van der Waals surface area contributed by atoms with Crippen LogP contribution in [0.15, 0.2) is 36.4 Å². The van der Waals surface area contributed by atoms with Gasteiger partial charge in [0, 0.05) is 70.8 Å². The Kier molecular flexibility index (Phi) is 12.4. The summed E-state index contributed by atoms with van der Waals surface area (Å²) in [5.74, 6) is 1.77. The maximum Gasteiger partial charge on any atom is 0.573 e. The number of benzene rings is 1. The zero-order valence-electron chi connectivity index (χ0n) is 24.2. The second-order valence-corrected chi connectivity index (χ2v) is 10.3. The van der Waals surface area contributed by atoms with E-state index >= 15 is 0 Å². The fourth-order valence-electron chi connectivity index (χ4n) is 3.97. The molecule has 15 heteroatoms. The number of aromatic nitrogens is 4. The minimum absolute atomic E-state index is 0. The predicted octanol–water partition coefficient (Wildman–Crippen LogP) is 4.93. The first-order chi connectivity index (χ1) is 19.2. The normalized spacial score (nSPS) is 14.3. The van der Waals surface area contributed by atoms with Gasteiger partial charge in [-0.1, -0.05) is 12.1 Å². The summed E-state index contributed by atoms with van der Waals surface area (Å²) in [6, 6.07) is 9.16. The van der Waals surface area contributed by atoms with Gasteiger partial charge < -0.3 is 24.8 Å². The summed E-state index contributed by atoms with van der Waals surface area (Å²) in [5, 5.41) is 3.59. The Morgan fingerprint density at radius 1 is 1.00 bits per heavy atom. The molecule has 1 amide bonds. The van der Waals surface area contributed by atoms with Crippen molar-refractivity contribution in [3.63, 3.8) is 0 Å². The first-order valence-corrected chi connectivity index (χ1v) is 13.2. The Bertz CT molecular complexity index is 1310. The highest BCUT2D eigenvalue weighted by molar-refractivity contribution is 6.28. The molecule has 0 saturated carbocycles. The van der Waals surface area contributed by atoms with Crippen molar-refractivity contribution in [2.24, 2.45) is 0 Å². The SMILES string of the molecule is Cc1cc(N(C)C)nc(Cl)n1.Cc1cc(N(C)C)nc(N[C@H]2CCN(C(=O)Cc3ccc(OC(F)(F)F)cc3)C2)n1.Cl. The molecule has 0 aliphatic carbocycles. The molecule has 42 heavy (non-hydrogen) atoms. The van der Waals surface area contributed by atoms with E-state index in [0.717, 1.165) is 29.4 Å². The number of alkyl halides is 3. The number of carbonyl (C=O) groups is 1. The molecule has 2 aromatic heterocycles. The van der Waals surface area contributed by atoms with Gasteiger partial charge in [0.05, 0.1) is 6.42 Å². The second kappa shape index (κ2) is 15.1. The van der Waals surface area contributed by atoms with Crippen LogP contribution in [0.25, 0.3) is 0 Å². The van der Waals surface area contributed by atoms with Crippen LogP contribution in [0.3, 0.4) is 0 Å². The smallest absolute Gasteiger partial charge is 0.406 e. The van der Waals surface area contributed by atoms with Crippen molar-refractivity contribution >= 4 is 47.5 Å². The molecule has 1 atom stereocenters. The Balaban J connectivity index is 0.000000433. The van der Waals surface area contributed by atoms with Crippen molar-refractivity contribution in [2.75, 3.05) is 56.4 Å². The van der Waals surface area contributed by atoms with Crippen LogP contribution in [0.1, 0.15) is 23.4 Å². The van der Waals surface area contributed by atoms with Crippen molar-refractivity contribution in [3.8, 4) is 5.75 Å². The van der Waals surface area contributed by atoms with Crippen molar-refractivity contribution in [2.45, 2.75) is 39.1 Å². The number of nitrogens with one attached hydrogen (secondary N) is 1. The van der Waals surface area contributed by atoms with Gasteiger partial charge >= 0.3 is 6.36 Å². The van der Waals surface area contributed by atoms with Gasteiger partial charge in [0.2, 0.25) is 17.1 Å². The molecule has 1 fully saturated rings. The number of aryl methyl sites for hydroxylation is 2. The third-order valence-electron chi connectivity index (χ3n) is 5.96. The van der Waals surface area contributed by atoms with Crippen LogP contribution in [-0.2, 0) is 11.2 Å². The molecule has 1 aliphatic heterocycles. The van der Waals surface area contributed by atoms with Crippen LogP contribution in [0, 0.1) is 13.8 Å². The number of likely N-dealkylation sites (tertiary alicyclic amines) is 1. The van der Waals surface area contributed by atoms with Crippen molar-refractivity contribution in [1.82, 2.24) is 24.8 Å². The molecule has 230 valence electrons. The Labute approximate surface area is 254 Å². The summed E-state index contributed by atoms with van der Waals surface area (Å²) in [4.78, 5) is 34.9. The van der Waals surface area contributed by atoms with Crippen LogP contribution in [-0.4, -0.2) is 84.4 Å². The molecule has 4 rings (SSSR count). The van der Waals surface area contributed by atoms with Crippen LogP contribution < -0.4 is 19.9 Å². The largest absolute Gasteiger partial charge is 0.573 e. The van der Waals surface area contributed by atoms with E-state index in [-0.39, 0.29) is 36.5 Å². The molecule has 0 unspecified atom stereocenters. The van der Waals surface area contributed by atoms with Crippen LogP contribution >= 0.6 is 24.0 Å². The molecule has 1 N–H and O–H groups in total. The quantitative estimate of drug-likeness (QED) is 0.364. The van der Waals surface area contributed by atoms with E-state index in [4.69, 9.17) is 11.6 Å². The third-order valence-corrected chi connectivity index (χ3v) is 6.13. The monoisotopic (exact) mass is 630 g/mol. The molecule has 3 aromatic rings. The van der Waals surface area contributed by atoms with Crippen molar-refractivity contribution in [3.05, 3.63) is 58.6 Å². The Hall–Kier alpha value is -3.58. The number of ether oxygens (including phenoxy) is 1. The molecular weight excluding hydrogens is 596 g/mol. The van der Waals surface area contributed by atoms with Crippen LogP contribution in [0.2, 0.25) is 5.28 Å². The second-order valence-electron chi connectivity index (χ2n) is 9.95. The van der Waals surface area contributed by atoms with Gasteiger partial charge in [-0.15, -0.1) is 25.6 Å². The van der Waals surface area contributed by atoms with Crippen molar-refractivity contribution < 1.29 is 22.7 Å². The number of nitrogens with zero attached hydrogens (tertiary/aromatic N) is 7. The first kappa shape index (κ1) is 34.6. The van der Waals surface area contributed by atoms with Gasteiger partial charge in [0.1, 0.15) is 17.4 Å². The van der Waals surface area contributed by atoms with E-state index < -0.39 is 6.36 Å². The number of hydrogen-bond donors (Lipinski definition) is 1. The highest BCUT2D eigenvalue weighted by atomic mass is 35.5. The van der Waals surface area contributed by atoms with Crippen LogP contribution in [0.4, 0.5) is 30.8 Å². The zero-order chi connectivity index (χ0) is 30.3. The van der Waals surface area contributed by atoms with E-state index in [1.54, 1.807) is 4.90 Å². The van der Waals surface area contributed by atoms with Gasteiger partial charge in [0.25, 0.3) is 0 Å². The van der Waals surface area contributed by atoms with Crippen molar-refractivity contribution in [1.29, 1.82) is 0 Å². The summed E-state index contributed by atoms with van der Waals surface area (Å²) in [6.45, 7) is 4.90. The van der Waals surface area contributed by atoms with E-state index in [9.17, 15) is 18.0 Å². The van der Waals surface area contributed by atoms with E-state index in [0.29, 0.717) is 29.9 Å². The lowest BCUT2D eigenvalue weighted by Crippen LogP contribution is -2.33.